The number of pyridine rings is 1. The molecular formula is C16H25N3. The molecule has 0 fully saturated rings. The number of nitrogens with one attached hydrogen (secondary N) is 1. The zero-order chi connectivity index (χ0) is 14.1. The molecule has 0 aromatic carbocycles. The molecule has 1 N–H and O–H groups in total. The van der Waals surface area contributed by atoms with Crippen LogP contribution in [-0.4, -0.2) is 24.6 Å². The van der Waals surface area contributed by atoms with E-state index in [1.54, 1.807) is 0 Å². The Labute approximate surface area is 117 Å². The van der Waals surface area contributed by atoms with Gasteiger partial charge in [0.1, 0.15) is 5.82 Å². The number of nitrogens with zero attached hydrogens (tertiary/aromatic N) is 2. The van der Waals surface area contributed by atoms with E-state index < -0.39 is 0 Å². The van der Waals surface area contributed by atoms with Crippen molar-refractivity contribution in [2.24, 2.45) is 0 Å². The molecule has 0 aliphatic rings. The van der Waals surface area contributed by atoms with Crippen LogP contribution in [0.2, 0.25) is 0 Å². The first-order chi connectivity index (χ1) is 9.24. The number of hydrogen-bond acceptors (Lipinski definition) is 3. The molecular weight excluding hydrogens is 234 g/mol. The Bertz CT molecular complexity index is 402. The molecule has 1 aromatic rings. The van der Waals surface area contributed by atoms with Crippen molar-refractivity contribution in [2.45, 2.75) is 26.8 Å². The minimum Gasteiger partial charge on any atom is -0.349 e. The Morgan fingerprint density at radius 1 is 1.21 bits per heavy atom. The fraction of sp³-hybridized carbons (Fsp3) is 0.438. The first-order valence-corrected chi connectivity index (χ1v) is 6.92. The van der Waals surface area contributed by atoms with Crippen LogP contribution in [0.4, 0.5) is 5.82 Å². The quantitative estimate of drug-likeness (QED) is 0.691. The average Bonchev–Trinajstić information content (AvgIpc) is 2.44. The second-order valence-electron chi connectivity index (χ2n) is 4.44. The highest BCUT2D eigenvalue weighted by atomic mass is 15.2. The number of rotatable bonds is 9. The van der Waals surface area contributed by atoms with Crippen molar-refractivity contribution in [3.8, 4) is 0 Å². The smallest absolute Gasteiger partial charge is 0.129 e. The van der Waals surface area contributed by atoms with Gasteiger partial charge in [0.2, 0.25) is 0 Å². The zero-order valence-corrected chi connectivity index (χ0v) is 12.2. The van der Waals surface area contributed by atoms with Crippen LogP contribution in [0.1, 0.15) is 25.1 Å². The van der Waals surface area contributed by atoms with Crippen molar-refractivity contribution < 1.29 is 0 Å². The first-order valence-electron chi connectivity index (χ1n) is 6.92. The normalized spacial score (nSPS) is 10.2. The minimum absolute atomic E-state index is 0.785. The van der Waals surface area contributed by atoms with Crippen LogP contribution in [-0.2, 0) is 13.0 Å². The summed E-state index contributed by atoms with van der Waals surface area (Å²) < 4.78 is 0. The third kappa shape index (κ3) is 4.87. The Morgan fingerprint density at radius 2 is 1.89 bits per heavy atom. The monoisotopic (exact) mass is 259 g/mol. The van der Waals surface area contributed by atoms with Gasteiger partial charge in [0.05, 0.1) is 0 Å². The van der Waals surface area contributed by atoms with Crippen molar-refractivity contribution in [3.05, 3.63) is 48.7 Å². The van der Waals surface area contributed by atoms with Gasteiger partial charge in [0.25, 0.3) is 0 Å². The van der Waals surface area contributed by atoms with E-state index in [2.05, 4.69) is 49.4 Å². The van der Waals surface area contributed by atoms with Gasteiger partial charge in [-0.1, -0.05) is 26.0 Å². The van der Waals surface area contributed by atoms with Crippen LogP contribution < -0.4 is 10.2 Å². The van der Waals surface area contributed by atoms with Gasteiger partial charge >= 0.3 is 0 Å². The van der Waals surface area contributed by atoms with Crippen molar-refractivity contribution in [1.82, 2.24) is 10.3 Å². The van der Waals surface area contributed by atoms with E-state index in [9.17, 15) is 0 Å². The van der Waals surface area contributed by atoms with Crippen LogP contribution in [0.3, 0.4) is 0 Å². The standard InChI is InChI=1S/C16H25N3/c1-5-9-19(10-6-2)16-12-14(13-17-8-4)11-15(7-3)18-16/h5-6,11-12,17H,1-2,7-10,13H2,3-4H3. The van der Waals surface area contributed by atoms with E-state index in [-0.39, 0.29) is 0 Å². The molecule has 1 rings (SSSR count). The van der Waals surface area contributed by atoms with E-state index in [0.29, 0.717) is 0 Å². The van der Waals surface area contributed by atoms with Gasteiger partial charge in [-0.3, -0.25) is 0 Å². The summed E-state index contributed by atoms with van der Waals surface area (Å²) in [5.74, 6) is 1.01. The lowest BCUT2D eigenvalue weighted by Gasteiger charge is -2.22. The lowest BCUT2D eigenvalue weighted by atomic mass is 10.2. The Kier molecular flexibility index (Phi) is 6.90. The average molecular weight is 259 g/mol. The molecule has 0 aliphatic carbocycles. The van der Waals surface area contributed by atoms with E-state index in [4.69, 9.17) is 4.98 Å². The third-order valence-electron chi connectivity index (χ3n) is 2.89. The Hall–Kier alpha value is -1.61. The molecule has 0 saturated heterocycles. The SMILES string of the molecule is C=CCN(CC=C)c1cc(CNCC)cc(CC)n1. The van der Waals surface area contributed by atoms with Crippen molar-refractivity contribution in [3.63, 3.8) is 0 Å². The van der Waals surface area contributed by atoms with Crippen LogP contribution >= 0.6 is 0 Å². The molecule has 0 saturated carbocycles. The molecule has 0 unspecified atom stereocenters. The van der Waals surface area contributed by atoms with Crippen LogP contribution in [0, 0.1) is 0 Å². The summed E-state index contributed by atoms with van der Waals surface area (Å²) in [4.78, 5) is 6.88. The van der Waals surface area contributed by atoms with Gasteiger partial charge in [-0.2, -0.15) is 0 Å². The Balaban J connectivity index is 3.01. The summed E-state index contributed by atoms with van der Waals surface area (Å²) in [6.07, 6.45) is 4.74. The lowest BCUT2D eigenvalue weighted by Crippen LogP contribution is -2.25. The predicted octanol–water partition coefficient (Wildman–Crippen LogP) is 2.93. The summed E-state index contributed by atoms with van der Waals surface area (Å²) in [6, 6.07) is 4.32. The molecule has 0 atom stereocenters. The van der Waals surface area contributed by atoms with E-state index in [1.165, 1.54) is 5.56 Å². The summed E-state index contributed by atoms with van der Waals surface area (Å²) in [5.41, 5.74) is 2.41. The number of anilines is 1. The molecule has 3 nitrogen and oxygen atoms in total. The first kappa shape index (κ1) is 15.4. The lowest BCUT2D eigenvalue weighted by molar-refractivity contribution is 0.723. The van der Waals surface area contributed by atoms with Crippen molar-refractivity contribution >= 4 is 5.82 Å². The fourth-order valence-electron chi connectivity index (χ4n) is 1.92. The molecule has 1 heterocycles. The fourth-order valence-corrected chi connectivity index (χ4v) is 1.92. The summed E-state index contributed by atoms with van der Waals surface area (Å²) >= 11 is 0. The number of aryl methyl sites for hydroxylation is 1. The van der Waals surface area contributed by atoms with Gasteiger partial charge < -0.3 is 10.2 Å². The maximum absolute atomic E-state index is 4.70. The van der Waals surface area contributed by atoms with Gasteiger partial charge in [-0.15, -0.1) is 13.2 Å². The second kappa shape index (κ2) is 8.48. The molecule has 0 amide bonds. The summed E-state index contributed by atoms with van der Waals surface area (Å²) in [6.45, 7) is 15.3. The second-order valence-corrected chi connectivity index (χ2v) is 4.44. The highest BCUT2D eigenvalue weighted by Gasteiger charge is 2.08. The topological polar surface area (TPSA) is 28.2 Å². The molecule has 0 aliphatic heterocycles. The van der Waals surface area contributed by atoms with Crippen molar-refractivity contribution in [1.29, 1.82) is 0 Å². The van der Waals surface area contributed by atoms with Gasteiger partial charge in [0.15, 0.2) is 0 Å². The zero-order valence-electron chi connectivity index (χ0n) is 12.2. The van der Waals surface area contributed by atoms with E-state index in [1.807, 2.05) is 12.2 Å². The van der Waals surface area contributed by atoms with Crippen LogP contribution in [0.25, 0.3) is 0 Å². The molecule has 0 bridgehead atoms. The minimum atomic E-state index is 0.785. The van der Waals surface area contributed by atoms with Crippen molar-refractivity contribution in [2.75, 3.05) is 24.5 Å². The maximum atomic E-state index is 4.70. The third-order valence-corrected chi connectivity index (χ3v) is 2.89. The maximum Gasteiger partial charge on any atom is 0.129 e. The highest BCUT2D eigenvalue weighted by molar-refractivity contribution is 5.44. The van der Waals surface area contributed by atoms with E-state index in [0.717, 1.165) is 44.1 Å². The Morgan fingerprint density at radius 3 is 2.42 bits per heavy atom. The van der Waals surface area contributed by atoms with Crippen LogP contribution in [0.15, 0.2) is 37.4 Å². The molecule has 3 heteroatoms. The number of hydrogen-bond donors (Lipinski definition) is 1. The van der Waals surface area contributed by atoms with E-state index >= 15 is 0 Å². The molecule has 104 valence electrons. The van der Waals surface area contributed by atoms with Gasteiger partial charge in [0, 0.05) is 25.3 Å². The summed E-state index contributed by atoms with van der Waals surface area (Å²) in [7, 11) is 0. The molecule has 1 aromatic heterocycles. The van der Waals surface area contributed by atoms with Crippen LogP contribution in [0.5, 0.6) is 0 Å². The highest BCUT2D eigenvalue weighted by Crippen LogP contribution is 2.16. The predicted molar refractivity (Wildman–Crippen MR) is 83.6 cm³/mol. The molecule has 0 radical (unpaired) electrons. The number of aromatic nitrogens is 1. The largest absolute Gasteiger partial charge is 0.349 e. The molecule has 19 heavy (non-hydrogen) atoms. The van der Waals surface area contributed by atoms with Gasteiger partial charge in [-0.05, 0) is 30.7 Å². The van der Waals surface area contributed by atoms with Gasteiger partial charge in [-0.25, -0.2) is 4.98 Å². The summed E-state index contributed by atoms with van der Waals surface area (Å²) in [5, 5.41) is 3.36. The molecule has 0 spiro atoms.